The Labute approximate surface area is 162 Å². The highest BCUT2D eigenvalue weighted by molar-refractivity contribution is 7.18. The van der Waals surface area contributed by atoms with Crippen molar-refractivity contribution < 1.29 is 23.9 Å². The fraction of sp³-hybridized carbons (Fsp3) is 0.588. The number of rotatable bonds is 7. The third kappa shape index (κ3) is 5.18. The number of nitrogens with one attached hydrogen (secondary N) is 1. The van der Waals surface area contributed by atoms with E-state index in [1.165, 1.54) is 7.05 Å². The molecule has 2 rings (SSSR count). The molecule has 0 saturated carbocycles. The van der Waals surface area contributed by atoms with Gasteiger partial charge in [-0.05, 0) is 14.0 Å². The van der Waals surface area contributed by atoms with E-state index < -0.39 is 5.97 Å². The van der Waals surface area contributed by atoms with E-state index in [-0.39, 0.29) is 42.1 Å². The second-order valence-corrected chi connectivity index (χ2v) is 7.17. The monoisotopic (exact) mass is 398 g/mol. The number of hydrogen-bond donors (Lipinski definition) is 2. The topological polar surface area (TPSA) is 114 Å². The smallest absolute Gasteiger partial charge is 0.341 e. The molecule has 0 aromatic carbocycles. The number of carbonyl (C=O) groups is 3. The number of amides is 2. The normalized spacial score (nSPS) is 14.3. The number of hydrogen-bond acceptors (Lipinski definition) is 8. The number of nitrogen functional groups attached to an aromatic ring is 1. The summed E-state index contributed by atoms with van der Waals surface area (Å²) >= 11 is 1.04. The first kappa shape index (κ1) is 21.1. The molecule has 0 radical (unpaired) electrons. The third-order valence-corrected chi connectivity index (χ3v) is 5.20. The largest absolute Gasteiger partial charge is 0.462 e. The van der Waals surface area contributed by atoms with Gasteiger partial charge in [-0.3, -0.25) is 14.5 Å². The number of ether oxygens (including phenoxy) is 2. The highest BCUT2D eigenvalue weighted by atomic mass is 32.1. The minimum Gasteiger partial charge on any atom is -0.462 e. The zero-order chi connectivity index (χ0) is 20.0. The lowest BCUT2D eigenvalue weighted by molar-refractivity contribution is -0.136. The standard InChI is InChI=1S/C17H26N4O5S/c1-4-26-17(24)13-11(14(16(23)19-2)27-15(13)18)9-20(3)10-12(22)21-5-7-25-8-6-21/h4-10,18H2,1-3H3,(H,19,23). The molecule has 1 aromatic rings. The van der Waals surface area contributed by atoms with E-state index in [9.17, 15) is 14.4 Å². The van der Waals surface area contributed by atoms with Gasteiger partial charge in [-0.25, -0.2) is 4.79 Å². The number of likely N-dealkylation sites (N-methyl/N-ethyl adjacent to an activating group) is 1. The number of esters is 1. The van der Waals surface area contributed by atoms with Gasteiger partial charge in [-0.15, -0.1) is 11.3 Å². The van der Waals surface area contributed by atoms with Crippen LogP contribution in [0.3, 0.4) is 0 Å². The van der Waals surface area contributed by atoms with E-state index in [1.54, 1.807) is 23.8 Å². The molecular weight excluding hydrogens is 372 g/mol. The Hall–Kier alpha value is -2.17. The molecule has 27 heavy (non-hydrogen) atoms. The van der Waals surface area contributed by atoms with Crippen LogP contribution in [0, 0.1) is 0 Å². The van der Waals surface area contributed by atoms with Crippen LogP contribution in [0.25, 0.3) is 0 Å². The van der Waals surface area contributed by atoms with Gasteiger partial charge in [0.2, 0.25) is 5.91 Å². The molecule has 0 spiro atoms. The fourth-order valence-corrected chi connectivity index (χ4v) is 3.84. The summed E-state index contributed by atoms with van der Waals surface area (Å²) in [6, 6.07) is 0. The van der Waals surface area contributed by atoms with Gasteiger partial charge in [0.25, 0.3) is 5.91 Å². The van der Waals surface area contributed by atoms with Crippen molar-refractivity contribution in [2.45, 2.75) is 13.5 Å². The Balaban J connectivity index is 2.20. The molecule has 1 saturated heterocycles. The van der Waals surface area contributed by atoms with E-state index in [0.29, 0.717) is 36.7 Å². The molecule has 1 aliphatic heterocycles. The molecule has 10 heteroatoms. The summed E-state index contributed by atoms with van der Waals surface area (Å²) in [7, 11) is 3.27. The molecule has 2 heterocycles. The zero-order valence-corrected chi connectivity index (χ0v) is 16.7. The summed E-state index contributed by atoms with van der Waals surface area (Å²) in [4.78, 5) is 40.8. The van der Waals surface area contributed by atoms with Crippen LogP contribution in [0.4, 0.5) is 5.00 Å². The van der Waals surface area contributed by atoms with Gasteiger partial charge < -0.3 is 25.4 Å². The SMILES string of the molecule is CCOC(=O)c1c(N)sc(C(=O)NC)c1CN(C)CC(=O)N1CCOCC1. The average molecular weight is 398 g/mol. The van der Waals surface area contributed by atoms with Crippen molar-refractivity contribution in [3.05, 3.63) is 16.0 Å². The molecule has 0 bridgehead atoms. The van der Waals surface area contributed by atoms with Crippen LogP contribution >= 0.6 is 11.3 Å². The van der Waals surface area contributed by atoms with Crippen LogP contribution in [-0.4, -0.2) is 81.1 Å². The molecular formula is C17H26N4O5S. The Morgan fingerprint density at radius 2 is 2.00 bits per heavy atom. The quantitative estimate of drug-likeness (QED) is 0.629. The van der Waals surface area contributed by atoms with Gasteiger partial charge in [0.1, 0.15) is 5.00 Å². The number of nitrogens with zero attached hydrogens (tertiary/aromatic N) is 2. The van der Waals surface area contributed by atoms with E-state index in [0.717, 1.165) is 11.3 Å². The Bertz CT molecular complexity index is 700. The first-order valence-corrected chi connectivity index (χ1v) is 9.55. The van der Waals surface area contributed by atoms with Gasteiger partial charge in [0.15, 0.2) is 0 Å². The average Bonchev–Trinajstić information content (AvgIpc) is 2.97. The lowest BCUT2D eigenvalue weighted by Gasteiger charge is -2.28. The summed E-state index contributed by atoms with van der Waals surface area (Å²) in [6.07, 6.45) is 0. The number of nitrogens with two attached hydrogens (primary N) is 1. The maximum absolute atomic E-state index is 12.4. The van der Waals surface area contributed by atoms with Crippen molar-refractivity contribution in [1.82, 2.24) is 15.1 Å². The van der Waals surface area contributed by atoms with Crippen LogP contribution in [0.2, 0.25) is 0 Å². The Kier molecular flexibility index (Phi) is 7.57. The Morgan fingerprint density at radius 3 is 2.59 bits per heavy atom. The number of thiophene rings is 1. The zero-order valence-electron chi connectivity index (χ0n) is 15.9. The lowest BCUT2D eigenvalue weighted by Crippen LogP contribution is -2.45. The van der Waals surface area contributed by atoms with E-state index in [1.807, 2.05) is 0 Å². The molecule has 3 N–H and O–H groups in total. The maximum atomic E-state index is 12.4. The van der Waals surface area contributed by atoms with Crippen LogP contribution in [0.5, 0.6) is 0 Å². The molecule has 1 fully saturated rings. The molecule has 9 nitrogen and oxygen atoms in total. The summed E-state index contributed by atoms with van der Waals surface area (Å²) in [6.45, 7) is 4.48. The van der Waals surface area contributed by atoms with Crippen molar-refractivity contribution in [2.75, 3.05) is 59.3 Å². The first-order chi connectivity index (χ1) is 12.9. The molecule has 150 valence electrons. The summed E-state index contributed by atoms with van der Waals surface area (Å²) in [5, 5.41) is 2.79. The van der Waals surface area contributed by atoms with Crippen molar-refractivity contribution in [2.24, 2.45) is 0 Å². The molecule has 1 aromatic heterocycles. The van der Waals surface area contributed by atoms with Crippen LogP contribution in [-0.2, 0) is 20.8 Å². The molecule has 0 aliphatic carbocycles. The summed E-state index contributed by atoms with van der Waals surface area (Å²) < 4.78 is 10.3. The van der Waals surface area contributed by atoms with Crippen molar-refractivity contribution in [3.63, 3.8) is 0 Å². The van der Waals surface area contributed by atoms with Gasteiger partial charge >= 0.3 is 5.97 Å². The molecule has 0 atom stereocenters. The summed E-state index contributed by atoms with van der Waals surface area (Å²) in [5.74, 6) is -0.919. The number of carbonyl (C=O) groups excluding carboxylic acids is 3. The van der Waals surface area contributed by atoms with Gasteiger partial charge in [-0.2, -0.15) is 0 Å². The van der Waals surface area contributed by atoms with Crippen molar-refractivity contribution >= 4 is 34.1 Å². The highest BCUT2D eigenvalue weighted by Crippen LogP contribution is 2.32. The van der Waals surface area contributed by atoms with Gasteiger partial charge in [-0.1, -0.05) is 0 Å². The molecule has 2 amide bonds. The second-order valence-electron chi connectivity index (χ2n) is 6.11. The van der Waals surface area contributed by atoms with Crippen LogP contribution in [0.15, 0.2) is 0 Å². The predicted octanol–water partition coefficient (Wildman–Crippen LogP) is 0.157. The highest BCUT2D eigenvalue weighted by Gasteiger charge is 2.28. The third-order valence-electron chi connectivity index (χ3n) is 4.14. The van der Waals surface area contributed by atoms with E-state index >= 15 is 0 Å². The predicted molar refractivity (Wildman–Crippen MR) is 102 cm³/mol. The minimum atomic E-state index is -0.565. The fourth-order valence-electron chi connectivity index (χ4n) is 2.83. The Morgan fingerprint density at radius 1 is 1.33 bits per heavy atom. The van der Waals surface area contributed by atoms with E-state index in [2.05, 4.69) is 5.32 Å². The molecule has 0 unspecified atom stereocenters. The first-order valence-electron chi connectivity index (χ1n) is 8.73. The van der Waals surface area contributed by atoms with E-state index in [4.69, 9.17) is 15.2 Å². The van der Waals surface area contributed by atoms with Crippen molar-refractivity contribution in [1.29, 1.82) is 0 Å². The van der Waals surface area contributed by atoms with Crippen molar-refractivity contribution in [3.8, 4) is 0 Å². The van der Waals surface area contributed by atoms with Crippen LogP contribution in [0.1, 0.15) is 32.5 Å². The minimum absolute atomic E-state index is 0.0248. The summed E-state index contributed by atoms with van der Waals surface area (Å²) in [5.41, 5.74) is 6.67. The number of anilines is 1. The van der Waals surface area contributed by atoms with Gasteiger partial charge in [0, 0.05) is 32.2 Å². The van der Waals surface area contributed by atoms with Crippen LogP contribution < -0.4 is 11.1 Å². The van der Waals surface area contributed by atoms with Gasteiger partial charge in [0.05, 0.1) is 36.8 Å². The maximum Gasteiger partial charge on any atom is 0.341 e. The second kappa shape index (κ2) is 9.67. The molecule has 1 aliphatic rings. The number of morpholine rings is 1. The lowest BCUT2D eigenvalue weighted by atomic mass is 10.1.